The lowest BCUT2D eigenvalue weighted by atomic mass is 10.2. The zero-order chi connectivity index (χ0) is 14.5. The summed E-state index contributed by atoms with van der Waals surface area (Å²) in [5, 5.41) is 5.77. The molecule has 2 aromatic rings. The predicted octanol–water partition coefficient (Wildman–Crippen LogP) is 3.95. The van der Waals surface area contributed by atoms with Crippen molar-refractivity contribution in [2.75, 3.05) is 17.2 Å². The summed E-state index contributed by atoms with van der Waals surface area (Å²) >= 11 is 3.24. The number of anilines is 2. The molecule has 0 saturated heterocycles. The average molecular weight is 337 g/mol. The summed E-state index contributed by atoms with van der Waals surface area (Å²) in [5.41, 5.74) is 2.47. The highest BCUT2D eigenvalue weighted by atomic mass is 79.9. The Balaban J connectivity index is 1.94. The lowest BCUT2D eigenvalue weighted by Crippen LogP contribution is -2.22. The van der Waals surface area contributed by atoms with Crippen LogP contribution in [0, 0.1) is 12.7 Å². The molecule has 0 aromatic heterocycles. The molecular formula is C15H14BrFN2O. The monoisotopic (exact) mass is 336 g/mol. The number of rotatable bonds is 4. The van der Waals surface area contributed by atoms with Gasteiger partial charge < -0.3 is 10.6 Å². The number of carbonyl (C=O) groups is 1. The van der Waals surface area contributed by atoms with Gasteiger partial charge in [-0.25, -0.2) is 4.39 Å². The highest BCUT2D eigenvalue weighted by Gasteiger charge is 2.06. The average Bonchev–Trinajstić information content (AvgIpc) is 2.40. The molecule has 0 aliphatic heterocycles. The number of hydrogen-bond donors (Lipinski definition) is 2. The van der Waals surface area contributed by atoms with Crippen LogP contribution in [0.2, 0.25) is 0 Å². The van der Waals surface area contributed by atoms with Crippen LogP contribution in [0.1, 0.15) is 5.56 Å². The number of carbonyl (C=O) groups excluding carboxylic acids is 1. The topological polar surface area (TPSA) is 41.1 Å². The molecule has 2 aromatic carbocycles. The molecule has 0 unspecified atom stereocenters. The minimum atomic E-state index is -0.327. The van der Waals surface area contributed by atoms with Gasteiger partial charge in [-0.2, -0.15) is 0 Å². The Labute approximate surface area is 125 Å². The highest BCUT2D eigenvalue weighted by Crippen LogP contribution is 2.22. The van der Waals surface area contributed by atoms with Gasteiger partial charge >= 0.3 is 0 Å². The molecule has 0 spiro atoms. The van der Waals surface area contributed by atoms with Crippen molar-refractivity contribution in [3.8, 4) is 0 Å². The molecule has 2 rings (SSSR count). The summed E-state index contributed by atoms with van der Waals surface area (Å²) in [6, 6.07) is 11.8. The standard InChI is InChI=1S/C15H14BrFN2O/c1-10-4-2-3-5-13(10)19-15(20)9-18-14-7-6-11(17)8-12(14)16/h2-8,18H,9H2,1H3,(H,19,20). The van der Waals surface area contributed by atoms with E-state index in [0.29, 0.717) is 10.2 Å². The van der Waals surface area contributed by atoms with E-state index in [1.165, 1.54) is 12.1 Å². The fourth-order valence-electron chi connectivity index (χ4n) is 1.72. The molecule has 5 heteroatoms. The number of para-hydroxylation sites is 1. The summed E-state index contributed by atoms with van der Waals surface area (Å²) in [6.07, 6.45) is 0. The van der Waals surface area contributed by atoms with Crippen molar-refractivity contribution in [3.63, 3.8) is 0 Å². The first-order chi connectivity index (χ1) is 9.56. The molecule has 0 radical (unpaired) electrons. The lowest BCUT2D eigenvalue weighted by molar-refractivity contribution is -0.114. The smallest absolute Gasteiger partial charge is 0.243 e. The minimum absolute atomic E-state index is 0.110. The zero-order valence-corrected chi connectivity index (χ0v) is 12.5. The number of aryl methyl sites for hydroxylation is 1. The summed E-state index contributed by atoms with van der Waals surface area (Å²) in [6.45, 7) is 2.04. The van der Waals surface area contributed by atoms with Gasteiger partial charge in [0.1, 0.15) is 5.82 Å². The molecule has 0 saturated carbocycles. The molecule has 0 aliphatic carbocycles. The van der Waals surface area contributed by atoms with Crippen molar-refractivity contribution in [1.29, 1.82) is 0 Å². The summed E-state index contributed by atoms with van der Waals surface area (Å²) < 4.78 is 13.5. The molecule has 2 N–H and O–H groups in total. The van der Waals surface area contributed by atoms with Gasteiger partial charge in [0.05, 0.1) is 6.54 Å². The fraction of sp³-hybridized carbons (Fsp3) is 0.133. The van der Waals surface area contributed by atoms with Gasteiger partial charge in [0.25, 0.3) is 0 Å². The van der Waals surface area contributed by atoms with Crippen LogP contribution in [0.15, 0.2) is 46.9 Å². The molecule has 0 heterocycles. The minimum Gasteiger partial charge on any atom is -0.375 e. The van der Waals surface area contributed by atoms with Crippen molar-refractivity contribution in [3.05, 3.63) is 58.3 Å². The maximum atomic E-state index is 12.9. The van der Waals surface area contributed by atoms with Crippen LogP contribution >= 0.6 is 15.9 Å². The van der Waals surface area contributed by atoms with Gasteiger partial charge in [-0.1, -0.05) is 18.2 Å². The Kier molecular flexibility index (Phi) is 4.74. The summed E-state index contributed by atoms with van der Waals surface area (Å²) in [4.78, 5) is 11.9. The Morgan fingerprint density at radius 1 is 1.20 bits per heavy atom. The van der Waals surface area contributed by atoms with E-state index in [9.17, 15) is 9.18 Å². The summed E-state index contributed by atoms with van der Waals surface area (Å²) in [5.74, 6) is -0.484. The molecule has 3 nitrogen and oxygen atoms in total. The molecule has 20 heavy (non-hydrogen) atoms. The van der Waals surface area contributed by atoms with Crippen molar-refractivity contribution >= 4 is 33.2 Å². The fourth-order valence-corrected chi connectivity index (χ4v) is 2.21. The van der Waals surface area contributed by atoms with E-state index < -0.39 is 0 Å². The molecule has 0 bridgehead atoms. The number of halogens is 2. The number of hydrogen-bond acceptors (Lipinski definition) is 2. The Morgan fingerprint density at radius 2 is 1.95 bits per heavy atom. The normalized spacial score (nSPS) is 10.2. The van der Waals surface area contributed by atoms with Crippen molar-refractivity contribution < 1.29 is 9.18 Å². The van der Waals surface area contributed by atoms with Crippen LogP contribution in [0.4, 0.5) is 15.8 Å². The van der Waals surface area contributed by atoms with Crippen molar-refractivity contribution in [2.45, 2.75) is 6.92 Å². The van der Waals surface area contributed by atoms with Crippen LogP contribution in [-0.4, -0.2) is 12.5 Å². The van der Waals surface area contributed by atoms with Crippen LogP contribution in [0.5, 0.6) is 0 Å². The van der Waals surface area contributed by atoms with Gasteiger partial charge in [-0.3, -0.25) is 4.79 Å². The molecule has 0 fully saturated rings. The van der Waals surface area contributed by atoms with E-state index in [2.05, 4.69) is 26.6 Å². The second-order valence-electron chi connectivity index (χ2n) is 4.34. The first kappa shape index (κ1) is 14.5. The molecule has 1 amide bonds. The Morgan fingerprint density at radius 3 is 2.65 bits per heavy atom. The SMILES string of the molecule is Cc1ccccc1NC(=O)CNc1ccc(F)cc1Br. The third-order valence-corrected chi connectivity index (χ3v) is 3.45. The van der Waals surface area contributed by atoms with Crippen LogP contribution in [0.25, 0.3) is 0 Å². The number of nitrogens with one attached hydrogen (secondary N) is 2. The maximum Gasteiger partial charge on any atom is 0.243 e. The van der Waals surface area contributed by atoms with E-state index >= 15 is 0 Å². The van der Waals surface area contributed by atoms with Gasteiger partial charge in [0.15, 0.2) is 0 Å². The molecule has 104 valence electrons. The van der Waals surface area contributed by atoms with Crippen LogP contribution < -0.4 is 10.6 Å². The van der Waals surface area contributed by atoms with E-state index in [0.717, 1.165) is 11.3 Å². The number of amides is 1. The first-order valence-corrected chi connectivity index (χ1v) is 6.90. The third kappa shape index (κ3) is 3.81. The number of benzene rings is 2. The first-order valence-electron chi connectivity index (χ1n) is 6.10. The van der Waals surface area contributed by atoms with Crippen molar-refractivity contribution in [2.24, 2.45) is 0 Å². The molecular weight excluding hydrogens is 323 g/mol. The van der Waals surface area contributed by atoms with E-state index in [4.69, 9.17) is 0 Å². The van der Waals surface area contributed by atoms with Gasteiger partial charge in [-0.05, 0) is 52.7 Å². The van der Waals surface area contributed by atoms with Gasteiger partial charge in [-0.15, -0.1) is 0 Å². The Bertz CT molecular complexity index is 631. The quantitative estimate of drug-likeness (QED) is 0.887. The molecule has 0 atom stereocenters. The zero-order valence-electron chi connectivity index (χ0n) is 10.9. The maximum absolute atomic E-state index is 12.9. The van der Waals surface area contributed by atoms with Gasteiger partial charge in [0.2, 0.25) is 5.91 Å². The van der Waals surface area contributed by atoms with Crippen molar-refractivity contribution in [1.82, 2.24) is 0 Å². The van der Waals surface area contributed by atoms with Crippen LogP contribution in [0.3, 0.4) is 0 Å². The van der Waals surface area contributed by atoms with E-state index in [-0.39, 0.29) is 18.3 Å². The predicted molar refractivity (Wildman–Crippen MR) is 82.4 cm³/mol. The third-order valence-electron chi connectivity index (χ3n) is 2.79. The lowest BCUT2D eigenvalue weighted by Gasteiger charge is -2.10. The second kappa shape index (κ2) is 6.52. The molecule has 0 aliphatic rings. The van der Waals surface area contributed by atoms with E-state index in [1.54, 1.807) is 6.07 Å². The van der Waals surface area contributed by atoms with Crippen LogP contribution in [-0.2, 0) is 4.79 Å². The summed E-state index contributed by atoms with van der Waals surface area (Å²) in [7, 11) is 0. The second-order valence-corrected chi connectivity index (χ2v) is 5.20. The van der Waals surface area contributed by atoms with Gasteiger partial charge in [0, 0.05) is 15.8 Å². The highest BCUT2D eigenvalue weighted by molar-refractivity contribution is 9.10. The van der Waals surface area contributed by atoms with E-state index in [1.807, 2.05) is 31.2 Å². The largest absolute Gasteiger partial charge is 0.375 e. The Hall–Kier alpha value is -1.88.